The maximum absolute atomic E-state index is 13.8. The van der Waals surface area contributed by atoms with E-state index in [1.165, 1.54) is 57.1 Å². The molecule has 48 heavy (non-hydrogen) atoms. The number of esters is 2. The van der Waals surface area contributed by atoms with Gasteiger partial charge >= 0.3 is 11.9 Å². The summed E-state index contributed by atoms with van der Waals surface area (Å²) < 4.78 is 73.8. The minimum atomic E-state index is -4.04. The summed E-state index contributed by atoms with van der Waals surface area (Å²) in [5, 5.41) is 0. The molecule has 6 rings (SSSR count). The fraction of sp³-hybridized carbons (Fsp3) is 0.257. The van der Waals surface area contributed by atoms with E-state index in [9.17, 15) is 26.4 Å². The van der Waals surface area contributed by atoms with E-state index in [4.69, 9.17) is 14.2 Å². The van der Waals surface area contributed by atoms with Gasteiger partial charge in [0.25, 0.3) is 0 Å². The Balaban J connectivity index is 1.07. The van der Waals surface area contributed by atoms with E-state index in [0.29, 0.717) is 0 Å². The highest BCUT2D eigenvalue weighted by Crippen LogP contribution is 2.39. The van der Waals surface area contributed by atoms with Gasteiger partial charge in [-0.15, -0.1) is 0 Å². The molecule has 0 unspecified atom stereocenters. The Bertz CT molecular complexity index is 1960. The lowest BCUT2D eigenvalue weighted by Gasteiger charge is -2.42. The molecule has 11 nitrogen and oxygen atoms in total. The Morgan fingerprint density at radius 1 is 0.604 bits per heavy atom. The van der Waals surface area contributed by atoms with Crippen molar-refractivity contribution in [2.75, 3.05) is 26.2 Å². The fourth-order valence-corrected chi connectivity index (χ4v) is 8.98. The molecule has 0 atom stereocenters. The van der Waals surface area contributed by atoms with Gasteiger partial charge in [0.2, 0.25) is 20.0 Å². The van der Waals surface area contributed by atoms with Crippen LogP contribution in [0, 0.1) is 0 Å². The minimum absolute atomic E-state index is 0.00980. The highest BCUT2D eigenvalue weighted by molar-refractivity contribution is 7.89. The second-order valence-electron chi connectivity index (χ2n) is 11.4. The van der Waals surface area contributed by atoms with E-state index >= 15 is 0 Å². The SMILES string of the molecule is O=C(OCc1ccccc1)c1ccc(S(=O)(=O)N2CCC3(CC2)OCCN3S(=O)(=O)c2ccc(C(=O)OCc3ccccc3)cc2)cc1. The highest BCUT2D eigenvalue weighted by Gasteiger charge is 2.51. The van der Waals surface area contributed by atoms with Crippen molar-refractivity contribution in [2.45, 2.75) is 41.6 Å². The van der Waals surface area contributed by atoms with Crippen molar-refractivity contribution in [3.8, 4) is 0 Å². The molecular weight excluding hydrogens is 657 g/mol. The molecule has 2 aliphatic rings. The van der Waals surface area contributed by atoms with Crippen molar-refractivity contribution in [1.82, 2.24) is 8.61 Å². The maximum atomic E-state index is 13.8. The van der Waals surface area contributed by atoms with E-state index in [1.54, 1.807) is 0 Å². The number of sulfonamides is 2. The van der Waals surface area contributed by atoms with Crippen LogP contribution in [0.4, 0.5) is 0 Å². The third-order valence-corrected chi connectivity index (χ3v) is 12.3. The number of hydrogen-bond acceptors (Lipinski definition) is 9. The standard InChI is InChI=1S/C35H34N2O9S2/c38-33(44-25-27-7-3-1-4-8-27)29-11-15-31(16-12-29)47(40,41)36-21-19-35(20-22-36)37(23-24-46-35)48(42,43)32-17-13-30(14-18-32)34(39)45-26-28-9-5-2-6-10-28/h1-18H,19-26H2. The van der Waals surface area contributed by atoms with Gasteiger partial charge in [-0.1, -0.05) is 60.7 Å². The van der Waals surface area contributed by atoms with Gasteiger partial charge in [0.05, 0.1) is 27.5 Å². The summed E-state index contributed by atoms with van der Waals surface area (Å²) in [7, 11) is -7.97. The third kappa shape index (κ3) is 7.05. The van der Waals surface area contributed by atoms with Gasteiger partial charge in [-0.2, -0.15) is 8.61 Å². The summed E-state index contributed by atoms with van der Waals surface area (Å²) in [6.45, 7) is 0.521. The van der Waals surface area contributed by atoms with Crippen molar-refractivity contribution in [2.24, 2.45) is 0 Å². The molecule has 4 aromatic rings. The van der Waals surface area contributed by atoms with Gasteiger partial charge in [-0.05, 0) is 59.7 Å². The van der Waals surface area contributed by atoms with Crippen LogP contribution in [-0.4, -0.2) is 69.4 Å². The first kappa shape index (κ1) is 33.5. The molecule has 0 bridgehead atoms. The van der Waals surface area contributed by atoms with Crippen LogP contribution in [-0.2, 0) is 47.5 Å². The zero-order chi connectivity index (χ0) is 33.8. The Labute approximate surface area is 279 Å². The first-order valence-electron chi connectivity index (χ1n) is 15.4. The quantitative estimate of drug-likeness (QED) is 0.219. The van der Waals surface area contributed by atoms with Crippen molar-refractivity contribution < 1.29 is 40.6 Å². The van der Waals surface area contributed by atoms with E-state index in [-0.39, 0.29) is 73.2 Å². The first-order chi connectivity index (χ1) is 23.1. The van der Waals surface area contributed by atoms with Crippen LogP contribution >= 0.6 is 0 Å². The summed E-state index contributed by atoms with van der Waals surface area (Å²) in [4.78, 5) is 25.0. The second-order valence-corrected chi connectivity index (χ2v) is 15.2. The normalized spacial score (nSPS) is 16.8. The Kier molecular flexibility index (Phi) is 9.76. The largest absolute Gasteiger partial charge is 0.457 e. The van der Waals surface area contributed by atoms with E-state index < -0.39 is 37.7 Å². The zero-order valence-electron chi connectivity index (χ0n) is 25.9. The van der Waals surface area contributed by atoms with Gasteiger partial charge < -0.3 is 14.2 Å². The van der Waals surface area contributed by atoms with Gasteiger partial charge in [0, 0.05) is 32.5 Å². The molecule has 0 aromatic heterocycles. The van der Waals surface area contributed by atoms with Crippen LogP contribution in [0.5, 0.6) is 0 Å². The average molecular weight is 691 g/mol. The van der Waals surface area contributed by atoms with Gasteiger partial charge in [-0.25, -0.2) is 26.4 Å². The molecule has 0 N–H and O–H groups in total. The molecule has 2 fully saturated rings. The molecule has 0 saturated carbocycles. The lowest BCUT2D eigenvalue weighted by atomic mass is 10.0. The van der Waals surface area contributed by atoms with Crippen LogP contribution < -0.4 is 0 Å². The number of rotatable bonds is 10. The minimum Gasteiger partial charge on any atom is -0.457 e. The number of carbonyl (C=O) groups is 2. The molecule has 0 radical (unpaired) electrons. The molecule has 0 amide bonds. The van der Waals surface area contributed by atoms with E-state index in [1.807, 2.05) is 60.7 Å². The van der Waals surface area contributed by atoms with E-state index in [2.05, 4.69) is 0 Å². The van der Waals surface area contributed by atoms with Gasteiger partial charge in [0.1, 0.15) is 18.9 Å². The van der Waals surface area contributed by atoms with Crippen molar-refractivity contribution in [1.29, 1.82) is 0 Å². The monoisotopic (exact) mass is 690 g/mol. The maximum Gasteiger partial charge on any atom is 0.338 e. The Hall–Kier alpha value is -4.40. The second kappa shape index (κ2) is 14.0. The Morgan fingerprint density at radius 2 is 1.04 bits per heavy atom. The molecule has 0 aliphatic carbocycles. The molecule has 13 heteroatoms. The highest BCUT2D eigenvalue weighted by atomic mass is 32.2. The predicted molar refractivity (Wildman–Crippen MR) is 175 cm³/mol. The average Bonchev–Trinajstić information content (AvgIpc) is 3.54. The lowest BCUT2D eigenvalue weighted by Crippen LogP contribution is -2.55. The zero-order valence-corrected chi connectivity index (χ0v) is 27.6. The molecule has 2 aliphatic heterocycles. The number of carbonyl (C=O) groups excluding carboxylic acids is 2. The summed E-state index contributed by atoms with van der Waals surface area (Å²) >= 11 is 0. The van der Waals surface area contributed by atoms with Gasteiger partial charge in [0.15, 0.2) is 0 Å². The van der Waals surface area contributed by atoms with Crippen LogP contribution in [0.25, 0.3) is 0 Å². The number of piperidine rings is 1. The molecule has 250 valence electrons. The first-order valence-corrected chi connectivity index (χ1v) is 18.3. The number of benzene rings is 4. The van der Waals surface area contributed by atoms with Crippen LogP contribution in [0.15, 0.2) is 119 Å². The van der Waals surface area contributed by atoms with Crippen LogP contribution in [0.2, 0.25) is 0 Å². The van der Waals surface area contributed by atoms with Gasteiger partial charge in [-0.3, -0.25) is 0 Å². The number of ether oxygens (including phenoxy) is 3. The Morgan fingerprint density at radius 3 is 1.50 bits per heavy atom. The van der Waals surface area contributed by atoms with Crippen molar-refractivity contribution in [3.63, 3.8) is 0 Å². The molecule has 2 heterocycles. The number of nitrogens with zero attached hydrogens (tertiary/aromatic N) is 2. The third-order valence-electron chi connectivity index (χ3n) is 8.45. The topological polar surface area (TPSA) is 137 Å². The van der Waals surface area contributed by atoms with Crippen LogP contribution in [0.3, 0.4) is 0 Å². The summed E-state index contributed by atoms with van der Waals surface area (Å²) in [5.41, 5.74) is 0.899. The lowest BCUT2D eigenvalue weighted by molar-refractivity contribution is -0.0806. The molecule has 1 spiro atoms. The predicted octanol–water partition coefficient (Wildman–Crippen LogP) is 4.60. The molecule has 2 saturated heterocycles. The summed E-state index contributed by atoms with van der Waals surface area (Å²) in [5.74, 6) is -1.14. The molecule has 4 aromatic carbocycles. The van der Waals surface area contributed by atoms with E-state index in [0.717, 1.165) is 11.1 Å². The summed E-state index contributed by atoms with van der Waals surface area (Å²) in [6, 6.07) is 29.5. The van der Waals surface area contributed by atoms with Crippen LogP contribution in [0.1, 0.15) is 44.7 Å². The fourth-order valence-electron chi connectivity index (χ4n) is 5.82. The summed E-state index contributed by atoms with van der Waals surface area (Å²) in [6.07, 6.45) is 0.249. The number of hydrogen-bond donors (Lipinski definition) is 0. The smallest absolute Gasteiger partial charge is 0.338 e. The molecular formula is C35H34N2O9S2. The van der Waals surface area contributed by atoms with Crippen molar-refractivity contribution in [3.05, 3.63) is 131 Å². The van der Waals surface area contributed by atoms with Crippen molar-refractivity contribution >= 4 is 32.0 Å².